The Morgan fingerprint density at radius 1 is 1.56 bits per heavy atom. The largest absolute Gasteiger partial charge is 0.305 e. The summed E-state index contributed by atoms with van der Waals surface area (Å²) in [6.45, 7) is 0. The van der Waals surface area contributed by atoms with Gasteiger partial charge in [0.2, 0.25) is 0 Å². The molecule has 9 heavy (non-hydrogen) atoms. The van der Waals surface area contributed by atoms with Crippen LogP contribution in [-0.4, -0.2) is 6.29 Å². The van der Waals surface area contributed by atoms with Gasteiger partial charge < -0.3 is 0 Å². The van der Waals surface area contributed by atoms with Gasteiger partial charge in [-0.2, -0.15) is 0 Å². The third-order valence-electron chi connectivity index (χ3n) is 0.917. The van der Waals surface area contributed by atoms with Crippen LogP contribution in [0.1, 0.15) is 5.69 Å². The molecule has 1 heterocycles. The summed E-state index contributed by atoms with van der Waals surface area (Å²) >= 11 is 5.48. The third kappa shape index (κ3) is 1.27. The van der Waals surface area contributed by atoms with Gasteiger partial charge in [-0.3, -0.25) is 4.79 Å². The summed E-state index contributed by atoms with van der Waals surface area (Å²) in [5.74, 6) is 0. The summed E-state index contributed by atoms with van der Waals surface area (Å²) in [6, 6.07) is 5.03. The molecule has 3 heteroatoms. The van der Waals surface area contributed by atoms with Gasteiger partial charge in [-0.15, -0.1) is 0 Å². The van der Waals surface area contributed by atoms with Crippen molar-refractivity contribution in [2.24, 2.45) is 0 Å². The van der Waals surface area contributed by atoms with E-state index in [4.69, 9.17) is 11.8 Å². The lowest BCUT2D eigenvalue weighted by Gasteiger charge is -1.80. The Morgan fingerprint density at radius 2 is 2.33 bits per heavy atom. The Bertz CT molecular complexity index is 224. The minimum Gasteiger partial charge on any atom is -0.278 e. The normalized spacial score (nSPS) is 9.00. The fraction of sp³-hybridized carbons (Fsp3) is 0. The van der Waals surface area contributed by atoms with Gasteiger partial charge in [-0.05, 0) is 6.07 Å². The number of hydrogen-bond donors (Lipinski definition) is 0. The molecule has 0 spiro atoms. The average molecular weight is 142 g/mol. The number of carbonyl (C=O) groups excluding carboxylic acids is 1. The van der Waals surface area contributed by atoms with Crippen LogP contribution in [0.4, 0.5) is 0 Å². The van der Waals surface area contributed by atoms with Gasteiger partial charge in [0.1, 0.15) is 0 Å². The Kier molecular flexibility index (Phi) is 1.80. The van der Waals surface area contributed by atoms with E-state index in [1.165, 1.54) is 4.09 Å². The highest BCUT2D eigenvalue weighted by Gasteiger charge is 2.04. The minimum absolute atomic E-state index is 0.333. The molecule has 0 saturated heterocycles. The van der Waals surface area contributed by atoms with Gasteiger partial charge in [-0.25, -0.2) is 0 Å². The first-order valence-electron chi connectivity index (χ1n) is 2.39. The molecule has 0 aromatic carbocycles. The molecule has 0 unspecified atom stereocenters. The highest BCUT2D eigenvalue weighted by Crippen LogP contribution is 1.85. The zero-order chi connectivity index (χ0) is 6.69. The number of rotatable bonds is 1. The molecule has 0 amide bonds. The van der Waals surface area contributed by atoms with Crippen LogP contribution in [0.2, 0.25) is 0 Å². The van der Waals surface area contributed by atoms with Gasteiger partial charge in [0.25, 0.3) is 17.5 Å². The molecular formula is C6H4ClNO+. The average Bonchev–Trinajstić information content (AvgIpc) is 1.89. The number of hydrogen-bond acceptors (Lipinski definition) is 1. The standard InChI is InChI=1S/C6H4ClNO/c7-8-4-2-1-3-6(8)5-9/h1-4H/q+1. The van der Waals surface area contributed by atoms with Crippen LogP contribution in [0.15, 0.2) is 24.4 Å². The molecule has 1 aromatic rings. The maximum Gasteiger partial charge on any atom is 0.305 e. The van der Waals surface area contributed by atoms with Crippen LogP contribution in [0.5, 0.6) is 0 Å². The van der Waals surface area contributed by atoms with Crippen molar-refractivity contribution in [2.45, 2.75) is 0 Å². The summed E-state index contributed by atoms with van der Waals surface area (Å²) in [6.07, 6.45) is 3.25. The van der Waals surface area contributed by atoms with Crippen molar-refractivity contribution < 1.29 is 8.88 Å². The Morgan fingerprint density at radius 3 is 2.78 bits per heavy atom. The van der Waals surface area contributed by atoms with E-state index < -0.39 is 0 Å². The fourth-order valence-corrected chi connectivity index (χ4v) is 0.657. The van der Waals surface area contributed by atoms with E-state index >= 15 is 0 Å². The summed E-state index contributed by atoms with van der Waals surface area (Å²) in [7, 11) is 0. The van der Waals surface area contributed by atoms with Crippen LogP contribution in [0.3, 0.4) is 0 Å². The first-order chi connectivity index (χ1) is 4.34. The van der Waals surface area contributed by atoms with Crippen molar-refractivity contribution in [1.29, 1.82) is 0 Å². The molecule has 0 saturated carbocycles. The van der Waals surface area contributed by atoms with Gasteiger partial charge in [-0.1, -0.05) is 4.09 Å². The van der Waals surface area contributed by atoms with E-state index in [9.17, 15) is 4.79 Å². The van der Waals surface area contributed by atoms with E-state index in [-0.39, 0.29) is 0 Å². The SMILES string of the molecule is O=[C]c1cccc[n+]1Cl. The predicted molar refractivity (Wildman–Crippen MR) is 32.7 cm³/mol. The second-order valence-corrected chi connectivity index (χ2v) is 1.86. The second kappa shape index (κ2) is 2.60. The van der Waals surface area contributed by atoms with E-state index in [1.54, 1.807) is 30.7 Å². The molecule has 1 rings (SSSR count). The van der Waals surface area contributed by atoms with Crippen LogP contribution in [0, 0.1) is 0 Å². The molecule has 0 aliphatic heterocycles. The fourth-order valence-electron chi connectivity index (χ4n) is 0.501. The summed E-state index contributed by atoms with van der Waals surface area (Å²) in [4.78, 5) is 10.00. The molecule has 2 nitrogen and oxygen atoms in total. The molecular weight excluding hydrogens is 138 g/mol. The van der Waals surface area contributed by atoms with Crippen molar-refractivity contribution in [3.8, 4) is 0 Å². The van der Waals surface area contributed by atoms with Crippen LogP contribution in [0.25, 0.3) is 0 Å². The topological polar surface area (TPSA) is 20.9 Å². The summed E-state index contributed by atoms with van der Waals surface area (Å²) < 4.78 is 1.19. The van der Waals surface area contributed by atoms with E-state index in [0.717, 1.165) is 0 Å². The molecule has 0 aliphatic carbocycles. The first-order valence-corrected chi connectivity index (χ1v) is 2.73. The van der Waals surface area contributed by atoms with E-state index in [2.05, 4.69) is 0 Å². The highest BCUT2D eigenvalue weighted by atomic mass is 35.5. The number of halogens is 1. The van der Waals surface area contributed by atoms with Crippen molar-refractivity contribution in [3.05, 3.63) is 30.1 Å². The summed E-state index contributed by atoms with van der Waals surface area (Å²) in [5.41, 5.74) is 0.333. The molecule has 45 valence electrons. The number of pyridine rings is 1. The van der Waals surface area contributed by atoms with E-state index in [0.29, 0.717) is 5.69 Å². The smallest absolute Gasteiger partial charge is 0.278 e. The second-order valence-electron chi connectivity index (χ2n) is 1.50. The molecule has 0 N–H and O–H groups in total. The lowest BCUT2D eigenvalue weighted by molar-refractivity contribution is -0.521. The monoisotopic (exact) mass is 141 g/mol. The Balaban J connectivity index is 3.15. The highest BCUT2D eigenvalue weighted by molar-refractivity contribution is 6.05. The molecule has 0 aliphatic rings. The Labute approximate surface area is 57.8 Å². The van der Waals surface area contributed by atoms with Crippen molar-refractivity contribution >= 4 is 18.1 Å². The molecule has 0 fully saturated rings. The summed E-state index contributed by atoms with van der Waals surface area (Å²) in [5, 5.41) is 0. The Hall–Kier alpha value is -0.890. The van der Waals surface area contributed by atoms with Crippen LogP contribution < -0.4 is 4.09 Å². The number of nitrogens with zero attached hydrogens (tertiary/aromatic N) is 1. The van der Waals surface area contributed by atoms with Crippen molar-refractivity contribution in [3.63, 3.8) is 0 Å². The molecule has 1 radical (unpaired) electrons. The number of aromatic nitrogens is 1. The third-order valence-corrected chi connectivity index (χ3v) is 1.21. The van der Waals surface area contributed by atoms with Crippen molar-refractivity contribution in [1.82, 2.24) is 0 Å². The molecule has 1 aromatic heterocycles. The lowest BCUT2D eigenvalue weighted by Crippen LogP contribution is -2.25. The van der Waals surface area contributed by atoms with Gasteiger partial charge in [0.05, 0.1) is 0 Å². The molecule has 0 bridgehead atoms. The zero-order valence-electron chi connectivity index (χ0n) is 4.54. The maximum atomic E-state index is 10.00. The predicted octanol–water partition coefficient (Wildman–Crippen LogP) is 0.434. The van der Waals surface area contributed by atoms with E-state index in [1.807, 2.05) is 0 Å². The van der Waals surface area contributed by atoms with Crippen molar-refractivity contribution in [2.75, 3.05) is 0 Å². The maximum absolute atomic E-state index is 10.00. The van der Waals surface area contributed by atoms with Crippen LogP contribution in [-0.2, 0) is 4.79 Å². The first kappa shape index (κ1) is 6.23. The van der Waals surface area contributed by atoms with Gasteiger partial charge in [0.15, 0.2) is 6.20 Å². The quantitative estimate of drug-likeness (QED) is 0.556. The van der Waals surface area contributed by atoms with Gasteiger partial charge in [0, 0.05) is 12.1 Å². The zero-order valence-corrected chi connectivity index (χ0v) is 5.30. The van der Waals surface area contributed by atoms with Crippen LogP contribution >= 0.6 is 11.8 Å². The minimum atomic E-state index is 0.333. The lowest BCUT2D eigenvalue weighted by atomic mass is 10.4. The molecule has 0 atom stereocenters. The van der Waals surface area contributed by atoms with Gasteiger partial charge >= 0.3 is 6.29 Å².